The lowest BCUT2D eigenvalue weighted by molar-refractivity contribution is 0.0240. The largest absolute Gasteiger partial charge is 0.378 e. The Morgan fingerprint density at radius 2 is 2.26 bits per heavy atom. The van der Waals surface area contributed by atoms with Gasteiger partial charge in [0.25, 0.3) is 5.91 Å². The van der Waals surface area contributed by atoms with Crippen LogP contribution in [0.2, 0.25) is 0 Å². The molecule has 106 valence electrons. The molecule has 1 heterocycles. The van der Waals surface area contributed by atoms with Crippen molar-refractivity contribution in [1.29, 1.82) is 0 Å². The van der Waals surface area contributed by atoms with Crippen LogP contribution in [0.1, 0.15) is 42.7 Å². The third-order valence-electron chi connectivity index (χ3n) is 3.34. The molecule has 6 heteroatoms. The number of nitrogens with zero attached hydrogens (tertiary/aromatic N) is 1. The van der Waals surface area contributed by atoms with Crippen molar-refractivity contribution in [2.45, 2.75) is 44.2 Å². The highest BCUT2D eigenvalue weighted by molar-refractivity contribution is 5.91. The molecule has 3 N–H and O–H groups in total. The number of carbonyl (C=O) groups excluding carboxylic acids is 1. The van der Waals surface area contributed by atoms with Crippen molar-refractivity contribution >= 4 is 5.91 Å². The number of hydrogen-bond acceptors (Lipinski definition) is 5. The molecular weight excluding hydrogens is 246 g/mol. The molecular formula is C13H21N3O3. The van der Waals surface area contributed by atoms with Crippen LogP contribution in [0.4, 0.5) is 0 Å². The highest BCUT2D eigenvalue weighted by Crippen LogP contribution is 2.19. The van der Waals surface area contributed by atoms with Crippen LogP contribution in [0.3, 0.4) is 0 Å². The Balaban J connectivity index is 1.51. The summed E-state index contributed by atoms with van der Waals surface area (Å²) in [5.41, 5.74) is 5.84. The average Bonchev–Trinajstić information content (AvgIpc) is 2.94. The standard InChI is InChI=1S/C13H21N3O3/c14-10-2-4-11(5-3-10)18-9-1-7-15-13(17)12-6-8-16-19-12/h6,8,10-11H,1-5,7,9,14H2,(H,15,17). The Morgan fingerprint density at radius 1 is 1.47 bits per heavy atom. The van der Waals surface area contributed by atoms with E-state index in [0.717, 1.165) is 32.1 Å². The van der Waals surface area contributed by atoms with Crippen molar-refractivity contribution in [3.63, 3.8) is 0 Å². The molecule has 6 nitrogen and oxygen atoms in total. The van der Waals surface area contributed by atoms with Crippen LogP contribution in [-0.4, -0.2) is 36.4 Å². The highest BCUT2D eigenvalue weighted by Gasteiger charge is 2.18. The maximum atomic E-state index is 11.5. The van der Waals surface area contributed by atoms with E-state index >= 15 is 0 Å². The van der Waals surface area contributed by atoms with Gasteiger partial charge in [0.05, 0.1) is 12.3 Å². The summed E-state index contributed by atoms with van der Waals surface area (Å²) in [4.78, 5) is 11.5. The Kier molecular flexibility index (Phi) is 5.35. The SMILES string of the molecule is NC1CCC(OCCCNC(=O)c2ccno2)CC1. The quantitative estimate of drug-likeness (QED) is 0.753. The van der Waals surface area contributed by atoms with Gasteiger partial charge < -0.3 is 20.3 Å². The summed E-state index contributed by atoms with van der Waals surface area (Å²) in [5.74, 6) is 0.00308. The minimum atomic E-state index is -0.235. The van der Waals surface area contributed by atoms with Crippen LogP contribution >= 0.6 is 0 Å². The van der Waals surface area contributed by atoms with E-state index in [2.05, 4.69) is 10.5 Å². The second-order valence-corrected chi connectivity index (χ2v) is 4.89. The number of nitrogens with one attached hydrogen (secondary N) is 1. The summed E-state index contributed by atoms with van der Waals surface area (Å²) in [7, 11) is 0. The second-order valence-electron chi connectivity index (χ2n) is 4.89. The third kappa shape index (κ3) is 4.65. The van der Waals surface area contributed by atoms with Gasteiger partial charge in [-0.2, -0.15) is 0 Å². The molecule has 1 saturated carbocycles. The van der Waals surface area contributed by atoms with Gasteiger partial charge in [0.1, 0.15) is 0 Å². The molecule has 2 rings (SSSR count). The van der Waals surface area contributed by atoms with Gasteiger partial charge >= 0.3 is 0 Å². The molecule has 0 saturated heterocycles. The van der Waals surface area contributed by atoms with Gasteiger partial charge in [-0.15, -0.1) is 0 Å². The molecule has 0 atom stereocenters. The van der Waals surface area contributed by atoms with E-state index in [1.807, 2.05) is 0 Å². The number of ether oxygens (including phenoxy) is 1. The maximum absolute atomic E-state index is 11.5. The first kappa shape index (κ1) is 14.0. The van der Waals surface area contributed by atoms with Crippen LogP contribution in [0.5, 0.6) is 0 Å². The summed E-state index contributed by atoms with van der Waals surface area (Å²) < 4.78 is 10.5. The molecule has 0 aromatic carbocycles. The Morgan fingerprint density at radius 3 is 2.95 bits per heavy atom. The smallest absolute Gasteiger partial charge is 0.289 e. The minimum absolute atomic E-state index is 0.235. The highest BCUT2D eigenvalue weighted by atomic mass is 16.5. The number of rotatable bonds is 6. The van der Waals surface area contributed by atoms with Gasteiger partial charge in [-0.3, -0.25) is 4.79 Å². The number of carbonyl (C=O) groups is 1. The molecule has 0 aliphatic heterocycles. The van der Waals surface area contributed by atoms with Crippen molar-refractivity contribution in [2.75, 3.05) is 13.2 Å². The molecule has 1 amide bonds. The monoisotopic (exact) mass is 267 g/mol. The number of hydrogen-bond donors (Lipinski definition) is 2. The first-order chi connectivity index (χ1) is 9.25. The first-order valence-electron chi connectivity index (χ1n) is 6.82. The molecule has 0 unspecified atom stereocenters. The van der Waals surface area contributed by atoms with E-state index in [0.29, 0.717) is 25.3 Å². The predicted octanol–water partition coefficient (Wildman–Crippen LogP) is 1.08. The summed E-state index contributed by atoms with van der Waals surface area (Å²) >= 11 is 0. The summed E-state index contributed by atoms with van der Waals surface area (Å²) in [5, 5.41) is 6.24. The molecule has 0 bridgehead atoms. The van der Waals surface area contributed by atoms with E-state index < -0.39 is 0 Å². The van der Waals surface area contributed by atoms with Crippen LogP contribution in [-0.2, 0) is 4.74 Å². The van der Waals surface area contributed by atoms with Crippen LogP contribution in [0, 0.1) is 0 Å². The van der Waals surface area contributed by atoms with Gasteiger partial charge in [-0.1, -0.05) is 5.16 Å². The maximum Gasteiger partial charge on any atom is 0.289 e. The normalized spacial score (nSPS) is 23.2. The van der Waals surface area contributed by atoms with E-state index in [-0.39, 0.29) is 11.7 Å². The minimum Gasteiger partial charge on any atom is -0.378 e. The first-order valence-corrected chi connectivity index (χ1v) is 6.82. The number of nitrogens with two attached hydrogens (primary N) is 1. The van der Waals surface area contributed by atoms with Gasteiger partial charge in [0, 0.05) is 25.3 Å². The molecule has 1 aliphatic rings. The lowest BCUT2D eigenvalue weighted by atomic mass is 9.94. The van der Waals surface area contributed by atoms with Crippen LogP contribution in [0.15, 0.2) is 16.8 Å². The lowest BCUT2D eigenvalue weighted by Crippen LogP contribution is -2.31. The summed E-state index contributed by atoms with van der Waals surface area (Å²) in [6, 6.07) is 1.89. The number of aromatic nitrogens is 1. The Labute approximate surface area is 112 Å². The molecule has 1 fully saturated rings. The van der Waals surface area contributed by atoms with Gasteiger partial charge in [-0.05, 0) is 32.1 Å². The van der Waals surface area contributed by atoms with Crippen molar-refractivity contribution in [2.24, 2.45) is 5.73 Å². The fourth-order valence-electron chi connectivity index (χ4n) is 2.20. The number of amides is 1. The zero-order valence-electron chi connectivity index (χ0n) is 11.0. The fourth-order valence-corrected chi connectivity index (χ4v) is 2.20. The van der Waals surface area contributed by atoms with Gasteiger partial charge in [-0.25, -0.2) is 0 Å². The predicted molar refractivity (Wildman–Crippen MR) is 69.6 cm³/mol. The molecule has 1 aromatic heterocycles. The molecule has 19 heavy (non-hydrogen) atoms. The van der Waals surface area contributed by atoms with Crippen molar-refractivity contribution in [3.8, 4) is 0 Å². The van der Waals surface area contributed by atoms with E-state index in [4.69, 9.17) is 15.0 Å². The Hall–Kier alpha value is -1.40. The van der Waals surface area contributed by atoms with Crippen LogP contribution in [0.25, 0.3) is 0 Å². The molecule has 1 aliphatic carbocycles. The molecule has 0 radical (unpaired) electrons. The average molecular weight is 267 g/mol. The molecule has 1 aromatic rings. The second kappa shape index (κ2) is 7.25. The van der Waals surface area contributed by atoms with E-state index in [1.165, 1.54) is 12.3 Å². The lowest BCUT2D eigenvalue weighted by Gasteiger charge is -2.26. The van der Waals surface area contributed by atoms with Gasteiger partial charge in [0.2, 0.25) is 5.76 Å². The van der Waals surface area contributed by atoms with Gasteiger partial charge in [0.15, 0.2) is 0 Å². The Bertz CT molecular complexity index is 372. The van der Waals surface area contributed by atoms with Crippen LogP contribution < -0.4 is 11.1 Å². The van der Waals surface area contributed by atoms with Crippen molar-refractivity contribution in [3.05, 3.63) is 18.0 Å². The fraction of sp³-hybridized carbons (Fsp3) is 0.692. The van der Waals surface area contributed by atoms with E-state index in [9.17, 15) is 4.79 Å². The third-order valence-corrected chi connectivity index (χ3v) is 3.34. The van der Waals surface area contributed by atoms with Crippen molar-refractivity contribution < 1.29 is 14.1 Å². The summed E-state index contributed by atoms with van der Waals surface area (Å²) in [6.07, 6.45) is 6.77. The zero-order valence-corrected chi connectivity index (χ0v) is 11.0. The van der Waals surface area contributed by atoms with E-state index in [1.54, 1.807) is 0 Å². The zero-order chi connectivity index (χ0) is 13.5. The summed E-state index contributed by atoms with van der Waals surface area (Å²) in [6.45, 7) is 1.24. The molecule has 0 spiro atoms. The van der Waals surface area contributed by atoms with Crippen molar-refractivity contribution in [1.82, 2.24) is 10.5 Å². The topological polar surface area (TPSA) is 90.4 Å².